The van der Waals surface area contributed by atoms with Crippen molar-refractivity contribution in [3.63, 3.8) is 0 Å². The number of esters is 1. The Morgan fingerprint density at radius 2 is 1.65 bits per heavy atom. The quantitative estimate of drug-likeness (QED) is 0.373. The van der Waals surface area contributed by atoms with E-state index in [-0.39, 0.29) is 31.3 Å². The summed E-state index contributed by atoms with van der Waals surface area (Å²) in [6.07, 6.45) is 1.21. The van der Waals surface area contributed by atoms with Crippen LogP contribution in [0, 0.1) is 11.8 Å². The largest absolute Gasteiger partial charge is 0.448 e. The van der Waals surface area contributed by atoms with E-state index in [4.69, 9.17) is 4.74 Å². The predicted octanol–water partition coefficient (Wildman–Crippen LogP) is 0.456. The molecule has 2 fully saturated rings. The van der Waals surface area contributed by atoms with Crippen molar-refractivity contribution in [1.82, 2.24) is 25.3 Å². The molecule has 0 radical (unpaired) electrons. The Labute approximate surface area is 236 Å². The number of rotatable bonds is 4. The Hall–Kier alpha value is -3.44. The number of amides is 5. The van der Waals surface area contributed by atoms with Crippen LogP contribution in [0.5, 0.6) is 0 Å². The van der Waals surface area contributed by atoms with Crippen molar-refractivity contribution in [1.29, 1.82) is 0 Å². The molecule has 0 spiro atoms. The molecule has 2 rings (SSSR count). The van der Waals surface area contributed by atoms with E-state index in [1.807, 2.05) is 13.8 Å². The monoisotopic (exact) mass is 563 g/mol. The normalized spacial score (nSPS) is 29.2. The van der Waals surface area contributed by atoms with Crippen molar-refractivity contribution in [2.45, 2.75) is 90.6 Å². The van der Waals surface area contributed by atoms with Crippen LogP contribution < -0.4 is 10.6 Å². The molecule has 40 heavy (non-hydrogen) atoms. The molecule has 2 aliphatic rings. The van der Waals surface area contributed by atoms with Crippen LogP contribution in [0.4, 0.5) is 0 Å². The van der Waals surface area contributed by atoms with Crippen molar-refractivity contribution in [3.05, 3.63) is 12.7 Å². The van der Waals surface area contributed by atoms with Gasteiger partial charge in [0.1, 0.15) is 24.2 Å². The molecule has 0 saturated carbocycles. The van der Waals surface area contributed by atoms with Gasteiger partial charge in [-0.15, -0.1) is 0 Å². The van der Waals surface area contributed by atoms with E-state index in [2.05, 4.69) is 17.2 Å². The molecular weight excluding hydrogens is 518 g/mol. The van der Waals surface area contributed by atoms with Crippen LogP contribution in [0.3, 0.4) is 0 Å². The van der Waals surface area contributed by atoms with Gasteiger partial charge in [-0.25, -0.2) is 0 Å². The number of nitrogens with zero attached hydrogens (tertiary/aromatic N) is 3. The fourth-order valence-corrected chi connectivity index (χ4v) is 5.06. The number of fused-ring (bicyclic) bond motifs is 1. The van der Waals surface area contributed by atoms with E-state index in [0.717, 1.165) is 0 Å². The second-order valence-electron chi connectivity index (χ2n) is 11.0. The highest BCUT2D eigenvalue weighted by Gasteiger charge is 2.42. The first-order valence-electron chi connectivity index (χ1n) is 14.0. The Balaban J connectivity index is 2.51. The lowest BCUT2D eigenvalue weighted by molar-refractivity contribution is -0.158. The number of likely N-dealkylation sites (N-methyl/N-ethyl adjacent to an activating group) is 2. The number of carbonyl (C=O) groups is 6. The SMILES string of the molecule is C=CC1OC(=O)CCNC(=O)[C@H](C)N(C)C(=O)[C@H](C(C)C)N(C)C(=O)[C@H]([C@@H](C)CC)NC(=O)[C@@H]2CCCN2C1=O. The summed E-state index contributed by atoms with van der Waals surface area (Å²) >= 11 is 0. The van der Waals surface area contributed by atoms with Crippen LogP contribution in [-0.2, 0) is 33.5 Å². The topological polar surface area (TPSA) is 145 Å². The summed E-state index contributed by atoms with van der Waals surface area (Å²) in [4.78, 5) is 83.4. The van der Waals surface area contributed by atoms with Gasteiger partial charge in [0, 0.05) is 27.2 Å². The molecule has 1 unspecified atom stereocenters. The number of cyclic esters (lactones) is 1. The van der Waals surface area contributed by atoms with Crippen molar-refractivity contribution in [2.24, 2.45) is 11.8 Å². The van der Waals surface area contributed by atoms with Gasteiger partial charge in [0.15, 0.2) is 6.10 Å². The molecule has 2 aliphatic heterocycles. The first-order valence-corrected chi connectivity index (χ1v) is 14.0. The highest BCUT2D eigenvalue weighted by Crippen LogP contribution is 2.22. The molecule has 2 heterocycles. The molecule has 5 amide bonds. The first-order chi connectivity index (χ1) is 18.8. The van der Waals surface area contributed by atoms with E-state index in [0.29, 0.717) is 19.3 Å². The van der Waals surface area contributed by atoms with Gasteiger partial charge in [0.2, 0.25) is 23.6 Å². The van der Waals surface area contributed by atoms with Gasteiger partial charge < -0.3 is 30.1 Å². The number of hydrogen-bond acceptors (Lipinski definition) is 7. The highest BCUT2D eigenvalue weighted by molar-refractivity contribution is 5.96. The number of nitrogens with one attached hydrogen (secondary N) is 2. The van der Waals surface area contributed by atoms with Crippen LogP contribution >= 0.6 is 0 Å². The van der Waals surface area contributed by atoms with Gasteiger partial charge in [-0.3, -0.25) is 28.8 Å². The lowest BCUT2D eigenvalue weighted by Gasteiger charge is -2.38. The molecule has 12 heteroatoms. The van der Waals surface area contributed by atoms with Gasteiger partial charge in [0.25, 0.3) is 5.91 Å². The maximum absolute atomic E-state index is 13.8. The van der Waals surface area contributed by atoms with Crippen LogP contribution in [0.25, 0.3) is 0 Å². The third kappa shape index (κ3) is 7.39. The zero-order chi connectivity index (χ0) is 30.3. The van der Waals surface area contributed by atoms with E-state index >= 15 is 0 Å². The van der Waals surface area contributed by atoms with Crippen molar-refractivity contribution >= 4 is 35.5 Å². The summed E-state index contributed by atoms with van der Waals surface area (Å²) in [5.41, 5.74) is 0. The second-order valence-corrected chi connectivity index (χ2v) is 11.0. The number of carbonyl (C=O) groups excluding carboxylic acids is 6. The first kappa shape index (κ1) is 32.8. The average Bonchev–Trinajstić information content (AvgIpc) is 3.41. The fourth-order valence-electron chi connectivity index (χ4n) is 5.06. The lowest BCUT2D eigenvalue weighted by atomic mass is 9.94. The Morgan fingerprint density at radius 1 is 1.00 bits per heavy atom. The predicted molar refractivity (Wildman–Crippen MR) is 147 cm³/mol. The molecule has 0 aliphatic carbocycles. The zero-order valence-corrected chi connectivity index (χ0v) is 24.8. The Morgan fingerprint density at radius 3 is 2.23 bits per heavy atom. The number of ether oxygens (including phenoxy) is 1. The fraction of sp³-hybridized carbons (Fsp3) is 0.714. The van der Waals surface area contributed by atoms with Gasteiger partial charge >= 0.3 is 5.97 Å². The van der Waals surface area contributed by atoms with Crippen LogP contribution in [-0.4, -0.2) is 108 Å². The standard InChI is InChI=1S/C28H45N5O7/c1-9-17(5)22-27(38)32(8)23(16(3)4)28(39)31(7)18(6)24(35)29-14-13-21(34)40-20(10-2)26(37)33-15-11-12-19(33)25(36)30-22/h10,16-20,22-23H,2,9,11-15H2,1,3-8H3,(H,29,35)(H,30,36)/t17-,18-,19-,20?,22-,23-/m0/s1. The van der Waals surface area contributed by atoms with E-state index < -0.39 is 65.8 Å². The Kier molecular flexibility index (Phi) is 11.7. The minimum Gasteiger partial charge on any atom is -0.448 e. The third-order valence-corrected chi connectivity index (χ3v) is 7.92. The maximum atomic E-state index is 13.8. The molecule has 0 aromatic carbocycles. The average molecular weight is 564 g/mol. The molecule has 6 atom stereocenters. The maximum Gasteiger partial charge on any atom is 0.308 e. The van der Waals surface area contributed by atoms with E-state index in [9.17, 15) is 28.8 Å². The summed E-state index contributed by atoms with van der Waals surface area (Å²) in [6, 6.07) is -3.59. The van der Waals surface area contributed by atoms with Gasteiger partial charge in [0.05, 0.1) is 6.42 Å². The van der Waals surface area contributed by atoms with Gasteiger partial charge in [-0.2, -0.15) is 0 Å². The summed E-state index contributed by atoms with van der Waals surface area (Å²) in [5, 5.41) is 5.47. The summed E-state index contributed by atoms with van der Waals surface area (Å²) in [7, 11) is 3.01. The lowest BCUT2D eigenvalue weighted by Crippen LogP contribution is -2.60. The Bertz CT molecular complexity index is 1000. The molecule has 0 aromatic heterocycles. The molecule has 0 aromatic rings. The third-order valence-electron chi connectivity index (χ3n) is 7.92. The smallest absolute Gasteiger partial charge is 0.308 e. The van der Waals surface area contributed by atoms with E-state index in [1.54, 1.807) is 20.8 Å². The molecule has 2 saturated heterocycles. The second kappa shape index (κ2) is 14.3. The van der Waals surface area contributed by atoms with Gasteiger partial charge in [-0.1, -0.05) is 40.7 Å². The molecular formula is C28H45N5O7. The van der Waals surface area contributed by atoms with Crippen molar-refractivity contribution < 1.29 is 33.5 Å². The molecule has 0 bridgehead atoms. The van der Waals surface area contributed by atoms with Crippen LogP contribution in [0.15, 0.2) is 12.7 Å². The van der Waals surface area contributed by atoms with Crippen molar-refractivity contribution in [3.8, 4) is 0 Å². The van der Waals surface area contributed by atoms with Gasteiger partial charge in [-0.05, 0) is 37.7 Å². The van der Waals surface area contributed by atoms with Crippen LogP contribution in [0.1, 0.15) is 60.3 Å². The minimum absolute atomic E-state index is 0.0700. The molecule has 2 N–H and O–H groups in total. The molecule has 224 valence electrons. The summed E-state index contributed by atoms with van der Waals surface area (Å²) < 4.78 is 5.31. The highest BCUT2D eigenvalue weighted by atomic mass is 16.5. The molecule has 12 nitrogen and oxygen atoms in total. The zero-order valence-electron chi connectivity index (χ0n) is 24.8. The summed E-state index contributed by atoms with van der Waals surface area (Å²) in [6.45, 7) is 12.7. The minimum atomic E-state index is -1.30. The van der Waals surface area contributed by atoms with Crippen LogP contribution in [0.2, 0.25) is 0 Å². The van der Waals surface area contributed by atoms with Crippen molar-refractivity contribution in [2.75, 3.05) is 27.2 Å². The number of hydrogen-bond donors (Lipinski definition) is 2. The van der Waals surface area contributed by atoms with E-state index in [1.165, 1.54) is 34.9 Å². The summed E-state index contributed by atoms with van der Waals surface area (Å²) in [5.74, 6) is -3.71.